The number of nitrogens with zero attached hydrogens (tertiary/aromatic N) is 3. The van der Waals surface area contributed by atoms with Crippen molar-refractivity contribution in [3.05, 3.63) is 59.2 Å². The molecule has 0 saturated heterocycles. The van der Waals surface area contributed by atoms with Crippen molar-refractivity contribution in [2.45, 2.75) is 0 Å². The van der Waals surface area contributed by atoms with Crippen LogP contribution in [0.1, 0.15) is 0 Å². The van der Waals surface area contributed by atoms with E-state index in [0.29, 0.717) is 5.69 Å². The zero-order valence-electron chi connectivity index (χ0n) is 9.99. The monoisotopic (exact) mass is 314 g/mol. The molecule has 0 fully saturated rings. The van der Waals surface area contributed by atoms with E-state index >= 15 is 0 Å². The minimum absolute atomic E-state index is 0.706. The molecule has 4 nitrogen and oxygen atoms in total. The topological polar surface area (TPSA) is 56.7 Å². The third-order valence-electron chi connectivity index (χ3n) is 2.75. The maximum atomic E-state index is 5.77. The fourth-order valence-corrected chi connectivity index (χ4v) is 2.24. The Kier molecular flexibility index (Phi) is 3.05. The molecular formula is C14H11BrN4. The normalized spacial score (nSPS) is 10.6. The van der Waals surface area contributed by atoms with Crippen LogP contribution in [0, 0.1) is 0 Å². The van der Waals surface area contributed by atoms with Crippen LogP contribution < -0.4 is 5.73 Å². The molecule has 2 aromatic carbocycles. The second kappa shape index (κ2) is 4.85. The average Bonchev–Trinajstić information content (AvgIpc) is 2.88. The summed E-state index contributed by atoms with van der Waals surface area (Å²) in [5, 5.41) is 8.31. The molecular weight excluding hydrogens is 304 g/mol. The van der Waals surface area contributed by atoms with E-state index in [4.69, 9.17) is 5.73 Å². The van der Waals surface area contributed by atoms with Gasteiger partial charge in [0.15, 0.2) is 0 Å². The Morgan fingerprint density at radius 1 is 1.05 bits per heavy atom. The first-order valence-corrected chi connectivity index (χ1v) is 6.56. The highest BCUT2D eigenvalue weighted by atomic mass is 79.9. The van der Waals surface area contributed by atoms with Crippen molar-refractivity contribution >= 4 is 21.6 Å². The van der Waals surface area contributed by atoms with Gasteiger partial charge in [0.2, 0.25) is 0 Å². The van der Waals surface area contributed by atoms with E-state index in [2.05, 4.69) is 26.2 Å². The van der Waals surface area contributed by atoms with Crippen molar-refractivity contribution in [2.24, 2.45) is 0 Å². The van der Waals surface area contributed by atoms with Crippen LogP contribution in [0.25, 0.3) is 16.9 Å². The number of nitrogens with two attached hydrogens (primary N) is 1. The number of benzene rings is 2. The molecule has 3 aromatic rings. The molecule has 5 heteroatoms. The summed E-state index contributed by atoms with van der Waals surface area (Å²) in [7, 11) is 0. The average molecular weight is 315 g/mol. The van der Waals surface area contributed by atoms with Gasteiger partial charge in [-0.25, -0.2) is 4.68 Å². The number of nitrogen functional groups attached to an aromatic ring is 1. The lowest BCUT2D eigenvalue weighted by Gasteiger charge is -2.00. The van der Waals surface area contributed by atoms with Crippen molar-refractivity contribution in [1.82, 2.24) is 15.0 Å². The van der Waals surface area contributed by atoms with Gasteiger partial charge in [-0.2, -0.15) is 0 Å². The summed E-state index contributed by atoms with van der Waals surface area (Å²) in [6.45, 7) is 0. The van der Waals surface area contributed by atoms with E-state index in [1.165, 1.54) is 0 Å². The highest BCUT2D eigenvalue weighted by Crippen LogP contribution is 2.21. The predicted molar refractivity (Wildman–Crippen MR) is 78.9 cm³/mol. The van der Waals surface area contributed by atoms with Gasteiger partial charge in [-0.3, -0.25) is 0 Å². The van der Waals surface area contributed by atoms with E-state index in [9.17, 15) is 0 Å². The van der Waals surface area contributed by atoms with Crippen molar-refractivity contribution < 1.29 is 0 Å². The predicted octanol–water partition coefficient (Wildman–Crippen LogP) is 3.28. The number of hydrogen-bond donors (Lipinski definition) is 1. The van der Waals surface area contributed by atoms with Crippen molar-refractivity contribution in [1.29, 1.82) is 0 Å². The van der Waals surface area contributed by atoms with Crippen LogP contribution in [-0.2, 0) is 0 Å². The van der Waals surface area contributed by atoms with Gasteiger partial charge in [0.05, 0.1) is 11.9 Å². The molecule has 0 radical (unpaired) electrons. The second-order valence-electron chi connectivity index (χ2n) is 4.15. The van der Waals surface area contributed by atoms with Gasteiger partial charge in [-0.15, -0.1) is 5.10 Å². The quantitative estimate of drug-likeness (QED) is 0.738. The van der Waals surface area contributed by atoms with Crippen molar-refractivity contribution in [3.8, 4) is 16.9 Å². The lowest BCUT2D eigenvalue weighted by molar-refractivity contribution is 0.804. The fourth-order valence-electron chi connectivity index (χ4n) is 1.84. The molecule has 0 spiro atoms. The SMILES string of the molecule is Nc1cccc(-n2cc(-c3cccc(Br)c3)nn2)c1. The van der Waals surface area contributed by atoms with Crippen LogP contribution in [0.2, 0.25) is 0 Å². The van der Waals surface area contributed by atoms with Crippen LogP contribution in [0.4, 0.5) is 5.69 Å². The van der Waals surface area contributed by atoms with Crippen molar-refractivity contribution in [2.75, 3.05) is 5.73 Å². The third-order valence-corrected chi connectivity index (χ3v) is 3.24. The summed E-state index contributed by atoms with van der Waals surface area (Å²) in [6, 6.07) is 15.5. The van der Waals surface area contributed by atoms with Gasteiger partial charge in [-0.1, -0.05) is 39.3 Å². The fraction of sp³-hybridized carbons (Fsp3) is 0. The Labute approximate surface area is 119 Å². The van der Waals surface area contributed by atoms with Gasteiger partial charge < -0.3 is 5.73 Å². The van der Waals surface area contributed by atoms with Gasteiger partial charge >= 0.3 is 0 Å². The summed E-state index contributed by atoms with van der Waals surface area (Å²) >= 11 is 3.45. The number of rotatable bonds is 2. The molecule has 0 aliphatic carbocycles. The minimum atomic E-state index is 0.706. The van der Waals surface area contributed by atoms with E-state index in [-0.39, 0.29) is 0 Å². The molecule has 0 saturated carbocycles. The standard InChI is InChI=1S/C14H11BrN4/c15-11-4-1-3-10(7-11)14-9-19(18-17-14)13-6-2-5-12(16)8-13/h1-9H,16H2. The van der Waals surface area contributed by atoms with E-state index in [0.717, 1.165) is 21.4 Å². The molecule has 0 unspecified atom stereocenters. The largest absolute Gasteiger partial charge is 0.399 e. The van der Waals surface area contributed by atoms with E-state index in [1.54, 1.807) is 4.68 Å². The Bertz CT molecular complexity index is 661. The maximum absolute atomic E-state index is 5.77. The maximum Gasteiger partial charge on any atom is 0.113 e. The van der Waals surface area contributed by atoms with E-state index < -0.39 is 0 Å². The molecule has 3 rings (SSSR count). The molecule has 0 aliphatic heterocycles. The molecule has 0 bridgehead atoms. The molecule has 19 heavy (non-hydrogen) atoms. The lowest BCUT2D eigenvalue weighted by atomic mass is 10.2. The zero-order valence-corrected chi connectivity index (χ0v) is 11.6. The first kappa shape index (κ1) is 11.9. The minimum Gasteiger partial charge on any atom is -0.399 e. The number of hydrogen-bond acceptors (Lipinski definition) is 3. The third kappa shape index (κ3) is 2.51. The summed E-state index contributed by atoms with van der Waals surface area (Å²) in [4.78, 5) is 0. The molecule has 0 amide bonds. The number of anilines is 1. The Balaban J connectivity index is 2.00. The first-order chi connectivity index (χ1) is 9.22. The summed E-state index contributed by atoms with van der Waals surface area (Å²) in [5.74, 6) is 0. The molecule has 0 atom stereocenters. The van der Waals surface area contributed by atoms with Gasteiger partial charge in [0.25, 0.3) is 0 Å². The van der Waals surface area contributed by atoms with Crippen LogP contribution in [-0.4, -0.2) is 15.0 Å². The van der Waals surface area contributed by atoms with Crippen LogP contribution in [0.5, 0.6) is 0 Å². The van der Waals surface area contributed by atoms with E-state index in [1.807, 2.05) is 54.7 Å². The molecule has 2 N–H and O–H groups in total. The summed E-state index contributed by atoms with van der Waals surface area (Å²) in [5.41, 5.74) is 9.21. The van der Waals surface area contributed by atoms with Crippen LogP contribution in [0.15, 0.2) is 59.2 Å². The first-order valence-electron chi connectivity index (χ1n) is 5.76. The van der Waals surface area contributed by atoms with Gasteiger partial charge in [0.1, 0.15) is 5.69 Å². The Morgan fingerprint density at radius 2 is 1.89 bits per heavy atom. The smallest absolute Gasteiger partial charge is 0.113 e. The molecule has 94 valence electrons. The molecule has 0 aliphatic rings. The highest BCUT2D eigenvalue weighted by Gasteiger charge is 2.05. The number of halogens is 1. The molecule has 1 aromatic heterocycles. The second-order valence-corrected chi connectivity index (χ2v) is 5.07. The Morgan fingerprint density at radius 3 is 2.68 bits per heavy atom. The Hall–Kier alpha value is -2.14. The van der Waals surface area contributed by atoms with Gasteiger partial charge in [-0.05, 0) is 30.3 Å². The lowest BCUT2D eigenvalue weighted by Crippen LogP contribution is -1.95. The summed E-state index contributed by atoms with van der Waals surface area (Å²) in [6.07, 6.45) is 1.89. The molecule has 1 heterocycles. The summed E-state index contributed by atoms with van der Waals surface area (Å²) < 4.78 is 2.73. The number of aromatic nitrogens is 3. The zero-order chi connectivity index (χ0) is 13.2. The van der Waals surface area contributed by atoms with Crippen LogP contribution in [0.3, 0.4) is 0 Å². The van der Waals surface area contributed by atoms with Gasteiger partial charge in [0, 0.05) is 15.7 Å². The van der Waals surface area contributed by atoms with Crippen molar-refractivity contribution in [3.63, 3.8) is 0 Å². The highest BCUT2D eigenvalue weighted by molar-refractivity contribution is 9.10. The van der Waals surface area contributed by atoms with Crippen LogP contribution >= 0.6 is 15.9 Å².